The van der Waals surface area contributed by atoms with E-state index in [9.17, 15) is 4.79 Å². The van der Waals surface area contributed by atoms with Crippen LogP contribution in [0.1, 0.15) is 35.0 Å². The number of benzene rings is 2. The van der Waals surface area contributed by atoms with E-state index < -0.39 is 0 Å². The lowest BCUT2D eigenvalue weighted by Crippen LogP contribution is -2.30. The Morgan fingerprint density at radius 2 is 1.82 bits per heavy atom. The summed E-state index contributed by atoms with van der Waals surface area (Å²) in [6.07, 6.45) is 2.01. The minimum absolute atomic E-state index is 0.0781. The second-order valence-corrected chi connectivity index (χ2v) is 7.40. The first-order valence-electron chi connectivity index (χ1n) is 9.43. The van der Waals surface area contributed by atoms with E-state index in [0.717, 1.165) is 29.2 Å². The maximum absolute atomic E-state index is 13.5. The Morgan fingerprint density at radius 3 is 2.50 bits per heavy atom. The van der Waals surface area contributed by atoms with Crippen molar-refractivity contribution >= 4 is 22.9 Å². The number of rotatable bonds is 9. The molecular weight excluding hydrogens is 370 g/mol. The minimum atomic E-state index is -0.0781. The Morgan fingerprint density at radius 1 is 1.04 bits per heavy atom. The van der Waals surface area contributed by atoms with Gasteiger partial charge in [-0.3, -0.25) is 4.79 Å². The summed E-state index contributed by atoms with van der Waals surface area (Å²) in [4.78, 5) is 16.4. The van der Waals surface area contributed by atoms with Gasteiger partial charge in [0.2, 0.25) is 0 Å². The van der Waals surface area contributed by atoms with Crippen LogP contribution in [-0.2, 0) is 6.54 Å². The van der Waals surface area contributed by atoms with Crippen molar-refractivity contribution in [1.29, 1.82) is 0 Å². The van der Waals surface area contributed by atoms with Gasteiger partial charge in [-0.25, -0.2) is 0 Å². The van der Waals surface area contributed by atoms with Crippen molar-refractivity contribution in [3.63, 3.8) is 0 Å². The standard InChI is InChI=1S/C23H25NO3S/c1-3-4-15-27-22-10-6-5-9-21(22)23(25)24(17-20-8-7-16-28-20)18-11-13-19(26-2)14-12-18/h5-14,16H,3-4,15,17H2,1-2H3. The first-order chi connectivity index (χ1) is 13.7. The fourth-order valence-corrected chi connectivity index (χ4v) is 3.53. The second kappa shape index (κ2) is 9.95. The molecule has 1 aromatic heterocycles. The molecule has 0 fully saturated rings. The third kappa shape index (κ3) is 4.93. The van der Waals surface area contributed by atoms with E-state index in [4.69, 9.17) is 9.47 Å². The maximum Gasteiger partial charge on any atom is 0.262 e. The lowest BCUT2D eigenvalue weighted by Gasteiger charge is -2.24. The molecule has 2 aromatic carbocycles. The molecule has 0 N–H and O–H groups in total. The quantitative estimate of drug-likeness (QED) is 0.431. The predicted molar refractivity (Wildman–Crippen MR) is 115 cm³/mol. The van der Waals surface area contributed by atoms with Crippen LogP contribution < -0.4 is 14.4 Å². The monoisotopic (exact) mass is 395 g/mol. The lowest BCUT2D eigenvalue weighted by atomic mass is 10.1. The van der Waals surface area contributed by atoms with Crippen LogP contribution in [0.25, 0.3) is 0 Å². The molecule has 5 heteroatoms. The number of thiophene rings is 1. The van der Waals surface area contributed by atoms with E-state index in [2.05, 4.69) is 6.92 Å². The molecule has 0 aliphatic rings. The van der Waals surface area contributed by atoms with Crippen LogP contribution in [0.15, 0.2) is 66.0 Å². The van der Waals surface area contributed by atoms with Gasteiger partial charge in [0.15, 0.2) is 0 Å². The summed E-state index contributed by atoms with van der Waals surface area (Å²) in [5.74, 6) is 1.31. The number of carbonyl (C=O) groups is 1. The Labute approximate surface area is 170 Å². The van der Waals surface area contributed by atoms with Crippen LogP contribution >= 0.6 is 11.3 Å². The predicted octanol–water partition coefficient (Wildman–Crippen LogP) is 5.78. The highest BCUT2D eigenvalue weighted by Gasteiger charge is 2.22. The summed E-state index contributed by atoms with van der Waals surface area (Å²) in [5, 5.41) is 2.02. The molecule has 146 valence electrons. The molecule has 0 atom stereocenters. The molecule has 0 saturated carbocycles. The summed E-state index contributed by atoms with van der Waals surface area (Å²) in [6.45, 7) is 3.23. The van der Waals surface area contributed by atoms with Gasteiger partial charge in [0, 0.05) is 10.6 Å². The maximum atomic E-state index is 13.5. The van der Waals surface area contributed by atoms with E-state index in [1.165, 1.54) is 0 Å². The normalized spacial score (nSPS) is 10.5. The molecule has 0 bridgehead atoms. The number of ether oxygens (including phenoxy) is 2. The van der Waals surface area contributed by atoms with Crippen LogP contribution in [0.3, 0.4) is 0 Å². The highest BCUT2D eigenvalue weighted by Crippen LogP contribution is 2.27. The molecule has 1 heterocycles. The average molecular weight is 396 g/mol. The number of carbonyl (C=O) groups excluding carboxylic acids is 1. The summed E-state index contributed by atoms with van der Waals surface area (Å²) in [7, 11) is 1.63. The number of hydrogen-bond donors (Lipinski definition) is 0. The van der Waals surface area contributed by atoms with Crippen molar-refractivity contribution < 1.29 is 14.3 Å². The Kier molecular flexibility index (Phi) is 7.09. The summed E-state index contributed by atoms with van der Waals surface area (Å²) >= 11 is 1.64. The molecule has 0 saturated heterocycles. The van der Waals surface area contributed by atoms with Crippen molar-refractivity contribution in [2.24, 2.45) is 0 Å². The number of anilines is 1. The molecule has 28 heavy (non-hydrogen) atoms. The molecule has 0 radical (unpaired) electrons. The first kappa shape index (κ1) is 20.0. The summed E-state index contributed by atoms with van der Waals surface area (Å²) in [6, 6.07) is 19.1. The van der Waals surface area contributed by atoms with Gasteiger partial charge in [0.1, 0.15) is 11.5 Å². The van der Waals surface area contributed by atoms with E-state index in [0.29, 0.717) is 24.5 Å². The smallest absolute Gasteiger partial charge is 0.262 e. The molecule has 0 unspecified atom stereocenters. The molecule has 0 aliphatic heterocycles. The van der Waals surface area contributed by atoms with E-state index in [1.54, 1.807) is 23.3 Å². The Balaban J connectivity index is 1.92. The van der Waals surface area contributed by atoms with Crippen LogP contribution in [0, 0.1) is 0 Å². The van der Waals surface area contributed by atoms with Crippen LogP contribution in [0.5, 0.6) is 11.5 Å². The fraction of sp³-hybridized carbons (Fsp3) is 0.261. The number of amides is 1. The molecule has 1 amide bonds. The molecule has 3 aromatic rings. The van der Waals surface area contributed by atoms with Crippen LogP contribution in [-0.4, -0.2) is 19.6 Å². The SMILES string of the molecule is CCCCOc1ccccc1C(=O)N(Cc1cccs1)c1ccc(OC)cc1. The van der Waals surface area contributed by atoms with Gasteiger partial charge < -0.3 is 14.4 Å². The van der Waals surface area contributed by atoms with Crippen molar-refractivity contribution in [1.82, 2.24) is 0 Å². The van der Waals surface area contributed by atoms with Gasteiger partial charge in [-0.1, -0.05) is 31.5 Å². The second-order valence-electron chi connectivity index (χ2n) is 6.37. The van der Waals surface area contributed by atoms with Crippen molar-refractivity contribution in [2.75, 3.05) is 18.6 Å². The molecule has 0 aliphatic carbocycles. The zero-order valence-corrected chi connectivity index (χ0v) is 17.1. The molecule has 3 rings (SSSR count). The zero-order valence-electron chi connectivity index (χ0n) is 16.3. The highest BCUT2D eigenvalue weighted by molar-refractivity contribution is 7.09. The topological polar surface area (TPSA) is 38.8 Å². The number of para-hydroxylation sites is 1. The van der Waals surface area contributed by atoms with E-state index in [1.807, 2.05) is 66.0 Å². The number of unbranched alkanes of at least 4 members (excludes halogenated alkanes) is 1. The van der Waals surface area contributed by atoms with Gasteiger partial charge in [-0.05, 0) is 54.3 Å². The number of hydrogen-bond acceptors (Lipinski definition) is 4. The number of methoxy groups -OCH3 is 1. The van der Waals surface area contributed by atoms with Gasteiger partial charge in [-0.2, -0.15) is 0 Å². The van der Waals surface area contributed by atoms with Crippen molar-refractivity contribution in [3.8, 4) is 11.5 Å². The van der Waals surface area contributed by atoms with Crippen molar-refractivity contribution in [2.45, 2.75) is 26.3 Å². The van der Waals surface area contributed by atoms with Crippen LogP contribution in [0.4, 0.5) is 5.69 Å². The van der Waals surface area contributed by atoms with Gasteiger partial charge in [0.05, 0.1) is 25.8 Å². The van der Waals surface area contributed by atoms with Crippen molar-refractivity contribution in [3.05, 3.63) is 76.5 Å². The average Bonchev–Trinajstić information content (AvgIpc) is 3.25. The van der Waals surface area contributed by atoms with Gasteiger partial charge in [-0.15, -0.1) is 11.3 Å². The third-order valence-corrected chi connectivity index (χ3v) is 5.26. The van der Waals surface area contributed by atoms with Gasteiger partial charge in [0.25, 0.3) is 5.91 Å². The Bertz CT molecular complexity index is 875. The Hall–Kier alpha value is -2.79. The van der Waals surface area contributed by atoms with Gasteiger partial charge >= 0.3 is 0 Å². The molecular formula is C23H25NO3S. The van der Waals surface area contributed by atoms with Crippen LogP contribution in [0.2, 0.25) is 0 Å². The third-order valence-electron chi connectivity index (χ3n) is 4.40. The summed E-state index contributed by atoms with van der Waals surface area (Å²) in [5.41, 5.74) is 1.40. The lowest BCUT2D eigenvalue weighted by molar-refractivity contribution is 0.0981. The largest absolute Gasteiger partial charge is 0.497 e. The minimum Gasteiger partial charge on any atom is -0.497 e. The van der Waals surface area contributed by atoms with E-state index >= 15 is 0 Å². The fourth-order valence-electron chi connectivity index (χ4n) is 2.84. The zero-order chi connectivity index (χ0) is 19.8. The molecule has 0 spiro atoms. The highest BCUT2D eigenvalue weighted by atomic mass is 32.1. The molecule has 4 nitrogen and oxygen atoms in total. The first-order valence-corrected chi connectivity index (χ1v) is 10.3. The van der Waals surface area contributed by atoms with E-state index in [-0.39, 0.29) is 5.91 Å². The number of nitrogens with zero attached hydrogens (tertiary/aromatic N) is 1. The summed E-state index contributed by atoms with van der Waals surface area (Å²) < 4.78 is 11.1.